The summed E-state index contributed by atoms with van der Waals surface area (Å²) >= 11 is 0. The Bertz CT molecular complexity index is 1290. The van der Waals surface area contributed by atoms with E-state index in [1.54, 1.807) is 51.1 Å². The minimum atomic E-state index is -1.90. The number of rotatable bonds is 7. The summed E-state index contributed by atoms with van der Waals surface area (Å²) in [6, 6.07) is 10.1. The molecule has 0 unspecified atom stereocenters. The van der Waals surface area contributed by atoms with E-state index < -0.39 is 58.6 Å². The zero-order valence-electron chi connectivity index (χ0n) is 21.3. The predicted octanol–water partition coefficient (Wildman–Crippen LogP) is 1.75. The second kappa shape index (κ2) is 11.0. The van der Waals surface area contributed by atoms with Gasteiger partial charge in [-0.05, 0) is 32.4 Å². The molecule has 1 saturated heterocycles. The van der Waals surface area contributed by atoms with Gasteiger partial charge in [-0.3, -0.25) is 28.7 Å². The molecule has 2 heterocycles. The van der Waals surface area contributed by atoms with Crippen LogP contribution in [-0.4, -0.2) is 52.4 Å². The quantitative estimate of drug-likeness (QED) is 0.432. The van der Waals surface area contributed by atoms with Crippen molar-refractivity contribution >= 4 is 24.0 Å². The zero-order valence-corrected chi connectivity index (χ0v) is 21.3. The Balaban J connectivity index is 2.27. The van der Waals surface area contributed by atoms with Crippen LogP contribution in [0.3, 0.4) is 0 Å². The fourth-order valence-corrected chi connectivity index (χ4v) is 3.79. The molecule has 11 heteroatoms. The highest BCUT2D eigenvalue weighted by Gasteiger charge is 2.60. The molecular weight excluding hydrogens is 484 g/mol. The molecule has 3 rings (SSSR count). The van der Waals surface area contributed by atoms with Gasteiger partial charge in [-0.1, -0.05) is 36.4 Å². The maximum absolute atomic E-state index is 13.1. The molecule has 1 aromatic carbocycles. The lowest BCUT2D eigenvalue weighted by atomic mass is 9.95. The summed E-state index contributed by atoms with van der Waals surface area (Å²) in [4.78, 5) is 63.8. The van der Waals surface area contributed by atoms with Crippen molar-refractivity contribution in [3.8, 4) is 0 Å². The Morgan fingerprint density at radius 1 is 1.05 bits per heavy atom. The van der Waals surface area contributed by atoms with E-state index in [9.17, 15) is 24.0 Å². The highest BCUT2D eigenvalue weighted by atomic mass is 16.7. The molecule has 0 radical (unpaired) electrons. The maximum Gasteiger partial charge on any atom is 0.331 e. The van der Waals surface area contributed by atoms with Crippen LogP contribution in [0.4, 0.5) is 0 Å². The highest BCUT2D eigenvalue weighted by molar-refractivity contribution is 5.76. The van der Waals surface area contributed by atoms with Gasteiger partial charge in [-0.2, -0.15) is 0 Å². The summed E-state index contributed by atoms with van der Waals surface area (Å²) in [5.74, 6) is -2.00. The van der Waals surface area contributed by atoms with Crippen molar-refractivity contribution in [2.24, 2.45) is 5.41 Å². The standard InChI is InChI=1S/C26H30N2O9/c1-16(29)34-15-19-21(35-17(2)30)22(36-23(32)25(3,4)5)26(37-19,13-11-18-9-7-6-8-10-18)28-14-12-20(31)27-24(28)33/h6-14,19,21-22H,15H2,1-5H3,(H,27,31,33)/b13-11+/t19-,21-,22+,26-/m1/s1. The Morgan fingerprint density at radius 3 is 2.30 bits per heavy atom. The van der Waals surface area contributed by atoms with Crippen molar-refractivity contribution in [2.75, 3.05) is 6.61 Å². The normalized spacial score (nSPS) is 23.5. The van der Waals surface area contributed by atoms with Gasteiger partial charge in [-0.25, -0.2) is 4.79 Å². The van der Waals surface area contributed by atoms with Gasteiger partial charge < -0.3 is 18.9 Å². The van der Waals surface area contributed by atoms with Crippen LogP contribution in [0.25, 0.3) is 6.08 Å². The van der Waals surface area contributed by atoms with E-state index in [-0.39, 0.29) is 6.61 Å². The van der Waals surface area contributed by atoms with E-state index in [1.807, 2.05) is 6.07 Å². The number of nitrogens with zero attached hydrogens (tertiary/aromatic N) is 1. The molecule has 1 aliphatic heterocycles. The maximum atomic E-state index is 13.1. The molecule has 1 aliphatic rings. The number of hydrogen-bond donors (Lipinski definition) is 1. The molecule has 0 aliphatic carbocycles. The van der Waals surface area contributed by atoms with E-state index >= 15 is 0 Å². The largest absolute Gasteiger partial charge is 0.463 e. The summed E-state index contributed by atoms with van der Waals surface area (Å²) in [5.41, 5.74) is -3.67. The Labute approximate surface area is 213 Å². The number of carbonyl (C=O) groups excluding carboxylic acids is 3. The molecule has 0 amide bonds. The molecule has 2 aromatic rings. The first kappa shape index (κ1) is 27.6. The van der Waals surface area contributed by atoms with Crippen LogP contribution < -0.4 is 11.2 Å². The van der Waals surface area contributed by atoms with Crippen molar-refractivity contribution in [3.05, 3.63) is 75.1 Å². The van der Waals surface area contributed by atoms with E-state index in [1.165, 1.54) is 19.2 Å². The average molecular weight is 515 g/mol. The fraction of sp³-hybridized carbons (Fsp3) is 0.423. The molecule has 0 bridgehead atoms. The Morgan fingerprint density at radius 2 is 1.73 bits per heavy atom. The lowest BCUT2D eigenvalue weighted by Crippen LogP contribution is -2.53. The Kier molecular flexibility index (Phi) is 8.17. The number of esters is 3. The topological polar surface area (TPSA) is 143 Å². The summed E-state index contributed by atoms with van der Waals surface area (Å²) in [6.07, 6.45) is 0.481. The number of benzene rings is 1. The number of carbonyl (C=O) groups is 3. The number of nitrogens with one attached hydrogen (secondary N) is 1. The lowest BCUT2D eigenvalue weighted by Gasteiger charge is -2.34. The van der Waals surface area contributed by atoms with Crippen LogP contribution in [0.1, 0.15) is 40.2 Å². The van der Waals surface area contributed by atoms with Gasteiger partial charge in [0, 0.05) is 26.1 Å². The first-order valence-electron chi connectivity index (χ1n) is 11.6. The van der Waals surface area contributed by atoms with E-state index in [0.717, 1.165) is 23.1 Å². The van der Waals surface area contributed by atoms with Crippen molar-refractivity contribution in [1.29, 1.82) is 0 Å². The molecule has 37 heavy (non-hydrogen) atoms. The van der Waals surface area contributed by atoms with Crippen LogP contribution in [0.15, 0.2) is 58.3 Å². The van der Waals surface area contributed by atoms with Crippen molar-refractivity contribution < 1.29 is 33.3 Å². The van der Waals surface area contributed by atoms with Gasteiger partial charge in [0.05, 0.1) is 5.41 Å². The molecular formula is C26H30N2O9. The summed E-state index contributed by atoms with van der Waals surface area (Å²) in [5, 5.41) is 0. The van der Waals surface area contributed by atoms with Crippen LogP contribution in [0, 0.1) is 5.41 Å². The summed E-state index contributed by atoms with van der Waals surface area (Å²) in [7, 11) is 0. The third-order valence-electron chi connectivity index (χ3n) is 5.53. The molecule has 1 N–H and O–H groups in total. The number of ether oxygens (including phenoxy) is 4. The van der Waals surface area contributed by atoms with E-state index in [2.05, 4.69) is 4.98 Å². The minimum Gasteiger partial charge on any atom is -0.463 e. The fourth-order valence-electron chi connectivity index (χ4n) is 3.79. The third kappa shape index (κ3) is 6.42. The van der Waals surface area contributed by atoms with Gasteiger partial charge in [0.1, 0.15) is 12.7 Å². The average Bonchev–Trinajstić information content (AvgIpc) is 3.09. The second-order valence-corrected chi connectivity index (χ2v) is 9.58. The van der Waals surface area contributed by atoms with Gasteiger partial charge in [0.15, 0.2) is 12.2 Å². The first-order valence-corrected chi connectivity index (χ1v) is 11.6. The minimum absolute atomic E-state index is 0.365. The molecule has 198 valence electrons. The number of aromatic nitrogens is 2. The third-order valence-corrected chi connectivity index (χ3v) is 5.53. The number of aromatic amines is 1. The second-order valence-electron chi connectivity index (χ2n) is 9.58. The SMILES string of the molecule is CC(=O)OC[C@H]1O[C@@](/C=C/c2ccccc2)(n2ccc(=O)[nH]c2=O)[C@@H](OC(=O)C(C)(C)C)[C@@H]1OC(C)=O. The molecule has 11 nitrogen and oxygen atoms in total. The van der Waals surface area contributed by atoms with Crippen molar-refractivity contribution in [1.82, 2.24) is 9.55 Å². The molecule has 0 spiro atoms. The monoisotopic (exact) mass is 514 g/mol. The van der Waals surface area contributed by atoms with Crippen LogP contribution in [0.5, 0.6) is 0 Å². The smallest absolute Gasteiger partial charge is 0.331 e. The summed E-state index contributed by atoms with van der Waals surface area (Å²) < 4.78 is 23.9. The van der Waals surface area contributed by atoms with E-state index in [4.69, 9.17) is 18.9 Å². The highest BCUT2D eigenvalue weighted by Crippen LogP contribution is 2.41. The molecule has 0 saturated carbocycles. The van der Waals surface area contributed by atoms with Crippen LogP contribution in [0.2, 0.25) is 0 Å². The summed E-state index contributed by atoms with van der Waals surface area (Å²) in [6.45, 7) is 6.90. The lowest BCUT2D eigenvalue weighted by molar-refractivity contribution is -0.181. The van der Waals surface area contributed by atoms with Gasteiger partial charge in [0.2, 0.25) is 5.72 Å². The first-order chi connectivity index (χ1) is 17.3. The number of hydrogen-bond acceptors (Lipinski definition) is 9. The van der Waals surface area contributed by atoms with Crippen LogP contribution in [-0.2, 0) is 39.1 Å². The zero-order chi connectivity index (χ0) is 27.4. The molecule has 4 atom stereocenters. The molecule has 1 fully saturated rings. The van der Waals surface area contributed by atoms with E-state index in [0.29, 0.717) is 0 Å². The van der Waals surface area contributed by atoms with Gasteiger partial charge in [-0.15, -0.1) is 0 Å². The predicted molar refractivity (Wildman–Crippen MR) is 131 cm³/mol. The molecule has 1 aromatic heterocycles. The Hall–Kier alpha value is -3.99. The van der Waals surface area contributed by atoms with Crippen LogP contribution >= 0.6 is 0 Å². The van der Waals surface area contributed by atoms with Gasteiger partial charge >= 0.3 is 23.6 Å². The van der Waals surface area contributed by atoms with Gasteiger partial charge in [0.25, 0.3) is 5.56 Å². The van der Waals surface area contributed by atoms with Crippen molar-refractivity contribution in [2.45, 2.75) is 58.7 Å². The number of H-pyrrole nitrogens is 1. The van der Waals surface area contributed by atoms with Crippen molar-refractivity contribution in [3.63, 3.8) is 0 Å².